The van der Waals surface area contributed by atoms with Crippen LogP contribution in [0.4, 0.5) is 0 Å². The molecule has 3 amide bonds. The van der Waals surface area contributed by atoms with Gasteiger partial charge in [-0.2, -0.15) is 0 Å². The first-order valence-corrected chi connectivity index (χ1v) is 15.8. The Morgan fingerprint density at radius 3 is 2.23 bits per heavy atom. The number of terminal acetylenes is 2. The molecule has 1 aromatic rings. The molecule has 0 aromatic heterocycles. The second kappa shape index (κ2) is 19.1. The molecular formula is C35H52N4O5. The minimum Gasteiger partial charge on any atom is -0.389 e. The average Bonchev–Trinajstić information content (AvgIpc) is 3.01. The maximum Gasteiger partial charge on any atom is 0.244 e. The highest BCUT2D eigenvalue weighted by atomic mass is 16.3. The van der Waals surface area contributed by atoms with Crippen molar-refractivity contribution >= 4 is 17.7 Å². The standard InChI is InChI=1S/C35H52N4O5/c1-7-15-30(40)33(42)29(23-27-18-13-10-14-19-27)36-35(44)32(25(3)8-2)37-34(43)28(22-26-16-11-9-12-17-26)24-31(41)39(6)21-20-38(4)5/h1-2,9,11-12,16-17,25,27-30,32-33,40,42H,10,13-15,18-24H2,3-6H3,(H,36,44)(H,37,43)/t25?,28-,29+,30+,32+,33-/m1/s1. The van der Waals surface area contributed by atoms with Gasteiger partial charge in [0.25, 0.3) is 0 Å². The van der Waals surface area contributed by atoms with Crippen LogP contribution in [0.15, 0.2) is 30.3 Å². The molecule has 1 aliphatic rings. The molecule has 0 saturated heterocycles. The summed E-state index contributed by atoms with van der Waals surface area (Å²) >= 11 is 0. The minimum atomic E-state index is -1.28. The molecule has 0 heterocycles. The Morgan fingerprint density at radius 1 is 0.977 bits per heavy atom. The molecule has 0 bridgehead atoms. The van der Waals surface area contributed by atoms with E-state index in [0.717, 1.165) is 37.7 Å². The van der Waals surface area contributed by atoms with E-state index in [1.807, 2.05) is 49.3 Å². The first-order valence-electron chi connectivity index (χ1n) is 15.8. The molecule has 9 heteroatoms. The number of aliphatic hydroxyl groups is 2. The number of rotatable bonds is 17. The summed E-state index contributed by atoms with van der Waals surface area (Å²) in [6.45, 7) is 2.86. The third-order valence-corrected chi connectivity index (χ3v) is 8.54. The number of nitrogens with one attached hydrogen (secondary N) is 2. The second-order valence-corrected chi connectivity index (χ2v) is 12.5. The number of carbonyl (C=O) groups excluding carboxylic acids is 3. The third kappa shape index (κ3) is 12.3. The van der Waals surface area contributed by atoms with Crippen LogP contribution >= 0.6 is 0 Å². The molecule has 6 atom stereocenters. The van der Waals surface area contributed by atoms with Crippen molar-refractivity contribution in [2.45, 2.75) is 89.0 Å². The first-order chi connectivity index (χ1) is 21.0. The van der Waals surface area contributed by atoms with Gasteiger partial charge in [0.2, 0.25) is 17.7 Å². The Hall–Kier alpha value is -3.37. The molecule has 1 aromatic carbocycles. The number of benzene rings is 1. The van der Waals surface area contributed by atoms with Crippen LogP contribution in [0.1, 0.15) is 63.9 Å². The molecule has 0 spiro atoms. The lowest BCUT2D eigenvalue weighted by molar-refractivity contribution is -0.137. The average molecular weight is 609 g/mol. The van der Waals surface area contributed by atoms with E-state index in [9.17, 15) is 24.6 Å². The Kier molecular flexibility index (Phi) is 16.0. The van der Waals surface area contributed by atoms with Crippen molar-refractivity contribution in [1.82, 2.24) is 20.4 Å². The number of aliphatic hydroxyl groups excluding tert-OH is 2. The van der Waals surface area contributed by atoms with Gasteiger partial charge < -0.3 is 30.6 Å². The van der Waals surface area contributed by atoms with Crippen LogP contribution in [-0.2, 0) is 20.8 Å². The number of hydrogen-bond acceptors (Lipinski definition) is 6. The summed E-state index contributed by atoms with van der Waals surface area (Å²) in [6, 6.07) is 7.54. The highest BCUT2D eigenvalue weighted by molar-refractivity contribution is 5.91. The summed E-state index contributed by atoms with van der Waals surface area (Å²) in [7, 11) is 5.57. The van der Waals surface area contributed by atoms with Gasteiger partial charge in [0.15, 0.2) is 0 Å². The molecule has 242 valence electrons. The van der Waals surface area contributed by atoms with E-state index in [4.69, 9.17) is 12.8 Å². The molecule has 0 radical (unpaired) electrons. The van der Waals surface area contributed by atoms with E-state index in [2.05, 4.69) is 22.5 Å². The van der Waals surface area contributed by atoms with Crippen LogP contribution in [0.3, 0.4) is 0 Å². The van der Waals surface area contributed by atoms with Crippen molar-refractivity contribution in [1.29, 1.82) is 0 Å². The topological polar surface area (TPSA) is 122 Å². The van der Waals surface area contributed by atoms with Gasteiger partial charge in [0, 0.05) is 38.9 Å². The zero-order valence-electron chi connectivity index (χ0n) is 26.9. The van der Waals surface area contributed by atoms with Crippen LogP contribution in [0.5, 0.6) is 0 Å². The summed E-state index contributed by atoms with van der Waals surface area (Å²) in [5.41, 5.74) is 0.889. The zero-order valence-corrected chi connectivity index (χ0v) is 26.9. The van der Waals surface area contributed by atoms with Crippen molar-refractivity contribution in [3.63, 3.8) is 0 Å². The van der Waals surface area contributed by atoms with Gasteiger partial charge in [-0.3, -0.25) is 14.4 Å². The Morgan fingerprint density at radius 2 is 1.64 bits per heavy atom. The van der Waals surface area contributed by atoms with Gasteiger partial charge in [-0.25, -0.2) is 0 Å². The summed E-state index contributed by atoms with van der Waals surface area (Å²) in [5, 5.41) is 27.2. The van der Waals surface area contributed by atoms with Crippen molar-refractivity contribution in [2.24, 2.45) is 17.8 Å². The lowest BCUT2D eigenvalue weighted by atomic mass is 9.82. The van der Waals surface area contributed by atoms with E-state index in [1.54, 1.807) is 18.9 Å². The lowest BCUT2D eigenvalue weighted by Gasteiger charge is -2.33. The van der Waals surface area contributed by atoms with E-state index < -0.39 is 47.9 Å². The van der Waals surface area contributed by atoms with Crippen LogP contribution in [-0.4, -0.2) is 96.3 Å². The lowest BCUT2D eigenvalue weighted by Crippen LogP contribution is -2.57. The minimum absolute atomic E-state index is 0.0370. The van der Waals surface area contributed by atoms with E-state index in [1.165, 1.54) is 0 Å². The van der Waals surface area contributed by atoms with Gasteiger partial charge in [-0.1, -0.05) is 62.4 Å². The monoisotopic (exact) mass is 608 g/mol. The molecule has 1 unspecified atom stereocenters. The van der Waals surface area contributed by atoms with Gasteiger partial charge >= 0.3 is 0 Å². The number of amides is 3. The molecular weight excluding hydrogens is 556 g/mol. The van der Waals surface area contributed by atoms with E-state index in [0.29, 0.717) is 25.9 Å². The van der Waals surface area contributed by atoms with Crippen molar-refractivity contribution in [2.75, 3.05) is 34.2 Å². The maximum absolute atomic E-state index is 13.8. The molecule has 1 fully saturated rings. The molecule has 4 N–H and O–H groups in total. The molecule has 1 aliphatic carbocycles. The van der Waals surface area contributed by atoms with Gasteiger partial charge in [-0.05, 0) is 45.3 Å². The molecule has 44 heavy (non-hydrogen) atoms. The quantitative estimate of drug-likeness (QED) is 0.201. The Labute approximate surface area is 264 Å². The number of hydrogen-bond donors (Lipinski definition) is 4. The van der Waals surface area contributed by atoms with Crippen LogP contribution < -0.4 is 10.6 Å². The van der Waals surface area contributed by atoms with Crippen molar-refractivity contribution in [3.8, 4) is 24.7 Å². The van der Waals surface area contributed by atoms with E-state index >= 15 is 0 Å². The third-order valence-electron chi connectivity index (χ3n) is 8.54. The van der Waals surface area contributed by atoms with Crippen molar-refractivity contribution in [3.05, 3.63) is 35.9 Å². The van der Waals surface area contributed by atoms with Crippen LogP contribution in [0.25, 0.3) is 0 Å². The fourth-order valence-corrected chi connectivity index (χ4v) is 5.63. The fourth-order valence-electron chi connectivity index (χ4n) is 5.63. The highest BCUT2D eigenvalue weighted by Gasteiger charge is 2.35. The molecule has 1 saturated carbocycles. The SMILES string of the molecule is C#CC[C@H](O)[C@H](O)[C@H](CC1CCCCC1)NC(=O)[C@@H](NC(=O)[C@@H](CC(=O)N(C)CCN(C)C)Cc1ccccc1)C(C)C#C. The predicted octanol–water partition coefficient (Wildman–Crippen LogP) is 2.21. The number of likely N-dealkylation sites (N-methyl/N-ethyl adjacent to an activating group) is 2. The number of nitrogens with zero attached hydrogens (tertiary/aromatic N) is 2. The molecule has 2 rings (SSSR count). The van der Waals surface area contributed by atoms with Gasteiger partial charge in [-0.15, -0.1) is 24.7 Å². The second-order valence-electron chi connectivity index (χ2n) is 12.5. The Balaban J connectivity index is 2.26. The normalized spacial score (nSPS) is 17.7. The van der Waals surface area contributed by atoms with Crippen LogP contribution in [0.2, 0.25) is 0 Å². The molecule has 9 nitrogen and oxygen atoms in total. The zero-order chi connectivity index (χ0) is 32.6. The summed E-state index contributed by atoms with van der Waals surface area (Å²) < 4.78 is 0. The van der Waals surface area contributed by atoms with E-state index in [-0.39, 0.29) is 24.7 Å². The van der Waals surface area contributed by atoms with Gasteiger partial charge in [0.1, 0.15) is 12.1 Å². The molecule has 0 aliphatic heterocycles. The largest absolute Gasteiger partial charge is 0.389 e. The van der Waals surface area contributed by atoms with Crippen molar-refractivity contribution < 1.29 is 24.6 Å². The smallest absolute Gasteiger partial charge is 0.244 e. The Bertz CT molecular complexity index is 1120. The number of carbonyl (C=O) groups is 3. The van der Waals surface area contributed by atoms with Gasteiger partial charge in [0.05, 0.1) is 18.1 Å². The predicted molar refractivity (Wildman–Crippen MR) is 173 cm³/mol. The first kappa shape index (κ1) is 36.8. The van der Waals surface area contributed by atoms with Crippen LogP contribution in [0, 0.1) is 42.4 Å². The summed E-state index contributed by atoms with van der Waals surface area (Å²) in [4.78, 5) is 44.3. The summed E-state index contributed by atoms with van der Waals surface area (Å²) in [6.07, 6.45) is 14.6. The maximum atomic E-state index is 13.8. The fraction of sp³-hybridized carbons (Fsp3) is 0.629. The summed E-state index contributed by atoms with van der Waals surface area (Å²) in [5.74, 6) is 2.60. The highest BCUT2D eigenvalue weighted by Crippen LogP contribution is 2.29.